The molecule has 0 aromatic heterocycles. The Labute approximate surface area is 123 Å². The minimum Gasteiger partial charge on any atom is -0.469 e. The monoisotopic (exact) mass is 315 g/mol. The van der Waals surface area contributed by atoms with Gasteiger partial charge in [0, 0.05) is 13.1 Å². The van der Waals surface area contributed by atoms with Gasteiger partial charge in [-0.1, -0.05) is 6.07 Å². The molecule has 1 heterocycles. The van der Waals surface area contributed by atoms with E-state index in [0.717, 1.165) is 6.07 Å². The molecule has 0 N–H and O–H groups in total. The maximum absolute atomic E-state index is 13.3. The highest BCUT2D eigenvalue weighted by Gasteiger charge is 2.34. The third-order valence-electron chi connectivity index (χ3n) is 3.69. The molecular formula is C14H18FNO4S. The van der Waals surface area contributed by atoms with Gasteiger partial charge in [-0.3, -0.25) is 4.79 Å². The van der Waals surface area contributed by atoms with Crippen LogP contribution >= 0.6 is 0 Å². The number of rotatable bonds is 3. The van der Waals surface area contributed by atoms with Gasteiger partial charge >= 0.3 is 5.97 Å². The van der Waals surface area contributed by atoms with Crippen LogP contribution in [-0.2, 0) is 19.6 Å². The minimum absolute atomic E-state index is 0.0481. The Morgan fingerprint density at radius 1 is 1.43 bits per heavy atom. The second kappa shape index (κ2) is 6.11. The maximum atomic E-state index is 13.3. The van der Waals surface area contributed by atoms with Gasteiger partial charge in [-0.05, 0) is 37.5 Å². The summed E-state index contributed by atoms with van der Waals surface area (Å²) >= 11 is 0. The lowest BCUT2D eigenvalue weighted by Gasteiger charge is -2.30. The summed E-state index contributed by atoms with van der Waals surface area (Å²) < 4.78 is 44.5. The van der Waals surface area contributed by atoms with E-state index in [-0.39, 0.29) is 11.4 Å². The first-order valence-corrected chi connectivity index (χ1v) is 8.14. The fourth-order valence-corrected chi connectivity index (χ4v) is 4.27. The summed E-state index contributed by atoms with van der Waals surface area (Å²) in [5.41, 5.74) is 0.483. The topological polar surface area (TPSA) is 63.7 Å². The van der Waals surface area contributed by atoms with Gasteiger partial charge in [-0.25, -0.2) is 12.8 Å². The molecule has 1 aliphatic rings. The van der Waals surface area contributed by atoms with Crippen LogP contribution < -0.4 is 0 Å². The number of hydrogen-bond acceptors (Lipinski definition) is 4. The van der Waals surface area contributed by atoms with Gasteiger partial charge in [-0.15, -0.1) is 0 Å². The lowest BCUT2D eigenvalue weighted by Crippen LogP contribution is -2.42. The van der Waals surface area contributed by atoms with E-state index in [4.69, 9.17) is 0 Å². The minimum atomic E-state index is -3.80. The van der Waals surface area contributed by atoms with E-state index in [1.165, 1.54) is 23.5 Å². The predicted octanol–water partition coefficient (Wildman–Crippen LogP) is 1.71. The highest BCUT2D eigenvalue weighted by Crippen LogP contribution is 2.26. The number of carbonyl (C=O) groups is 1. The van der Waals surface area contributed by atoms with Gasteiger partial charge in [0.15, 0.2) is 0 Å². The summed E-state index contributed by atoms with van der Waals surface area (Å²) in [4.78, 5) is 11.5. The average molecular weight is 315 g/mol. The smallest absolute Gasteiger partial charge is 0.309 e. The molecule has 1 fully saturated rings. The molecule has 2 rings (SSSR count). The Hall–Kier alpha value is -1.47. The molecular weight excluding hydrogens is 297 g/mol. The summed E-state index contributed by atoms with van der Waals surface area (Å²) in [5, 5.41) is 0. The Bertz CT molecular complexity index is 644. The van der Waals surface area contributed by atoms with E-state index in [1.54, 1.807) is 6.92 Å². The maximum Gasteiger partial charge on any atom is 0.309 e. The number of methoxy groups -OCH3 is 1. The molecule has 1 atom stereocenters. The highest BCUT2D eigenvalue weighted by molar-refractivity contribution is 7.89. The van der Waals surface area contributed by atoms with Gasteiger partial charge in [0.05, 0.1) is 17.9 Å². The van der Waals surface area contributed by atoms with E-state index >= 15 is 0 Å². The summed E-state index contributed by atoms with van der Waals surface area (Å²) in [5.74, 6) is -1.47. The van der Waals surface area contributed by atoms with Crippen LogP contribution in [0.1, 0.15) is 18.4 Å². The van der Waals surface area contributed by atoms with Crippen molar-refractivity contribution in [1.82, 2.24) is 4.31 Å². The van der Waals surface area contributed by atoms with Crippen molar-refractivity contribution in [3.63, 3.8) is 0 Å². The molecule has 21 heavy (non-hydrogen) atoms. The summed E-state index contributed by atoms with van der Waals surface area (Å²) in [6.07, 6.45) is 1.17. The molecule has 1 aromatic carbocycles. The van der Waals surface area contributed by atoms with E-state index in [1.807, 2.05) is 0 Å². The van der Waals surface area contributed by atoms with Gasteiger partial charge in [-0.2, -0.15) is 4.31 Å². The third kappa shape index (κ3) is 3.24. The van der Waals surface area contributed by atoms with E-state index < -0.39 is 27.7 Å². The van der Waals surface area contributed by atoms with Gasteiger partial charge < -0.3 is 4.74 Å². The number of nitrogens with zero attached hydrogens (tertiary/aromatic N) is 1. The summed E-state index contributed by atoms with van der Waals surface area (Å²) in [6, 6.07) is 3.68. The van der Waals surface area contributed by atoms with Crippen molar-refractivity contribution in [3.05, 3.63) is 29.6 Å². The highest BCUT2D eigenvalue weighted by atomic mass is 32.2. The Morgan fingerprint density at radius 3 is 2.81 bits per heavy atom. The molecule has 0 amide bonds. The van der Waals surface area contributed by atoms with Crippen molar-refractivity contribution < 1.29 is 22.3 Å². The van der Waals surface area contributed by atoms with E-state index in [9.17, 15) is 17.6 Å². The van der Waals surface area contributed by atoms with Gasteiger partial charge in [0.25, 0.3) is 0 Å². The normalized spacial score (nSPS) is 20.2. The number of aryl methyl sites for hydroxylation is 1. The van der Waals surface area contributed by atoms with Crippen molar-refractivity contribution in [3.8, 4) is 0 Å². The first-order valence-electron chi connectivity index (χ1n) is 6.70. The molecule has 7 heteroatoms. The van der Waals surface area contributed by atoms with Crippen molar-refractivity contribution in [2.45, 2.75) is 24.7 Å². The van der Waals surface area contributed by atoms with Crippen molar-refractivity contribution in [2.75, 3.05) is 20.2 Å². The van der Waals surface area contributed by atoms with Crippen LogP contribution in [0.4, 0.5) is 4.39 Å². The molecule has 0 spiro atoms. The number of halogens is 1. The molecule has 116 valence electrons. The second-order valence-electron chi connectivity index (χ2n) is 5.14. The quantitative estimate of drug-likeness (QED) is 0.797. The first kappa shape index (κ1) is 15.9. The number of carbonyl (C=O) groups excluding carboxylic acids is 1. The Kier molecular flexibility index (Phi) is 4.63. The molecule has 0 aliphatic carbocycles. The summed E-state index contributed by atoms with van der Waals surface area (Å²) in [7, 11) is -2.52. The lowest BCUT2D eigenvalue weighted by atomic mass is 10.0. The molecule has 0 saturated carbocycles. The number of sulfonamides is 1. The largest absolute Gasteiger partial charge is 0.469 e. The second-order valence-corrected chi connectivity index (χ2v) is 7.04. The number of piperidine rings is 1. The third-order valence-corrected chi connectivity index (χ3v) is 5.69. The molecule has 1 unspecified atom stereocenters. The molecule has 0 radical (unpaired) electrons. The number of hydrogen-bond donors (Lipinski definition) is 0. The number of benzene rings is 1. The van der Waals surface area contributed by atoms with Crippen LogP contribution in [0.15, 0.2) is 23.1 Å². The van der Waals surface area contributed by atoms with Crippen LogP contribution in [-0.4, -0.2) is 38.9 Å². The fourth-order valence-electron chi connectivity index (χ4n) is 2.51. The standard InChI is InChI=1S/C14H18FNO4S/c1-10-5-6-12(15)8-13(10)21(18,19)16-7-3-4-11(9-16)14(17)20-2/h5-6,8,11H,3-4,7,9H2,1-2H3. The Balaban J connectivity index is 2.31. The molecule has 0 bridgehead atoms. The zero-order valence-corrected chi connectivity index (χ0v) is 12.8. The fraction of sp³-hybridized carbons (Fsp3) is 0.500. The summed E-state index contributed by atoms with van der Waals surface area (Å²) in [6.45, 7) is 2.02. The van der Waals surface area contributed by atoms with Crippen LogP contribution in [0.2, 0.25) is 0 Å². The Morgan fingerprint density at radius 2 is 2.14 bits per heavy atom. The van der Waals surface area contributed by atoms with Crippen molar-refractivity contribution in [1.29, 1.82) is 0 Å². The van der Waals surface area contributed by atoms with Gasteiger partial charge in [0.2, 0.25) is 10.0 Å². The van der Waals surface area contributed by atoms with Gasteiger partial charge in [0.1, 0.15) is 5.82 Å². The van der Waals surface area contributed by atoms with E-state index in [2.05, 4.69) is 4.74 Å². The zero-order chi connectivity index (χ0) is 15.6. The first-order chi connectivity index (χ1) is 9.86. The SMILES string of the molecule is COC(=O)C1CCCN(S(=O)(=O)c2cc(F)ccc2C)C1. The van der Waals surface area contributed by atoms with Crippen LogP contribution in [0.25, 0.3) is 0 Å². The van der Waals surface area contributed by atoms with Crippen molar-refractivity contribution >= 4 is 16.0 Å². The van der Waals surface area contributed by atoms with Crippen molar-refractivity contribution in [2.24, 2.45) is 5.92 Å². The molecule has 1 saturated heterocycles. The predicted molar refractivity (Wildman–Crippen MR) is 74.6 cm³/mol. The number of esters is 1. The van der Waals surface area contributed by atoms with Crippen LogP contribution in [0.3, 0.4) is 0 Å². The zero-order valence-electron chi connectivity index (χ0n) is 12.0. The molecule has 1 aromatic rings. The number of ether oxygens (including phenoxy) is 1. The molecule has 1 aliphatic heterocycles. The van der Waals surface area contributed by atoms with Crippen LogP contribution in [0.5, 0.6) is 0 Å². The van der Waals surface area contributed by atoms with Crippen LogP contribution in [0, 0.1) is 18.7 Å². The molecule has 5 nitrogen and oxygen atoms in total. The van der Waals surface area contributed by atoms with E-state index in [0.29, 0.717) is 24.9 Å². The lowest BCUT2D eigenvalue weighted by molar-refractivity contribution is -0.146. The average Bonchev–Trinajstić information content (AvgIpc) is 2.49.